The van der Waals surface area contributed by atoms with E-state index in [1.807, 2.05) is 4.90 Å². The van der Waals surface area contributed by atoms with E-state index in [9.17, 15) is 14.5 Å². The molecule has 1 heterocycles. The van der Waals surface area contributed by atoms with Crippen molar-refractivity contribution in [2.24, 2.45) is 11.7 Å². The van der Waals surface area contributed by atoms with Crippen molar-refractivity contribution < 1.29 is 9.31 Å². The van der Waals surface area contributed by atoms with Gasteiger partial charge in [0.15, 0.2) is 0 Å². The zero-order valence-corrected chi connectivity index (χ0v) is 10.2. The van der Waals surface area contributed by atoms with E-state index in [-0.39, 0.29) is 5.69 Å². The van der Waals surface area contributed by atoms with Crippen LogP contribution in [0.15, 0.2) is 12.1 Å². The number of anilines is 1. The maximum absolute atomic E-state index is 13.4. The summed E-state index contributed by atoms with van der Waals surface area (Å²) in [4.78, 5) is 12.4. The Morgan fingerprint density at radius 1 is 1.61 bits per heavy atom. The van der Waals surface area contributed by atoms with Crippen molar-refractivity contribution in [3.05, 3.63) is 33.6 Å². The summed E-state index contributed by atoms with van der Waals surface area (Å²) in [5, 5.41) is 11.0. The number of nitro benzene ring substituents is 1. The Bertz CT molecular complexity index is 479. The van der Waals surface area contributed by atoms with E-state index in [2.05, 4.69) is 0 Å². The van der Waals surface area contributed by atoms with Gasteiger partial charge in [0, 0.05) is 13.1 Å². The molecule has 1 aliphatic heterocycles. The summed E-state index contributed by atoms with van der Waals surface area (Å²) < 4.78 is 13.4. The van der Waals surface area contributed by atoms with Crippen molar-refractivity contribution in [3.63, 3.8) is 0 Å². The number of halogens is 1. The summed E-state index contributed by atoms with van der Waals surface area (Å²) in [5.41, 5.74) is 6.35. The second kappa shape index (κ2) is 4.89. The van der Waals surface area contributed by atoms with Gasteiger partial charge in [-0.15, -0.1) is 0 Å². The van der Waals surface area contributed by atoms with Crippen molar-refractivity contribution in [3.8, 4) is 0 Å². The Hall–Kier alpha value is -1.69. The molecule has 1 saturated heterocycles. The van der Waals surface area contributed by atoms with Crippen LogP contribution in [0, 0.1) is 28.8 Å². The summed E-state index contributed by atoms with van der Waals surface area (Å²) >= 11 is 0. The van der Waals surface area contributed by atoms with Crippen LogP contribution in [0.4, 0.5) is 15.8 Å². The average Bonchev–Trinajstić information content (AvgIpc) is 2.80. The topological polar surface area (TPSA) is 72.4 Å². The Balaban J connectivity index is 2.37. The molecule has 0 saturated carbocycles. The molecule has 1 aromatic carbocycles. The summed E-state index contributed by atoms with van der Waals surface area (Å²) in [6, 6.07) is 2.55. The molecular weight excluding hydrogens is 237 g/mol. The van der Waals surface area contributed by atoms with Crippen LogP contribution in [0.5, 0.6) is 0 Å². The summed E-state index contributed by atoms with van der Waals surface area (Å²) in [6.07, 6.45) is 0.921. The molecule has 0 bridgehead atoms. The lowest BCUT2D eigenvalue weighted by molar-refractivity contribution is -0.384. The quantitative estimate of drug-likeness (QED) is 0.659. The van der Waals surface area contributed by atoms with Gasteiger partial charge >= 0.3 is 0 Å². The van der Waals surface area contributed by atoms with Gasteiger partial charge in [-0.05, 0) is 37.4 Å². The minimum atomic E-state index is -0.542. The molecular formula is C12H16FN3O2. The number of aryl methyl sites for hydroxylation is 1. The minimum Gasteiger partial charge on any atom is -0.366 e. The molecule has 2 N–H and O–H groups in total. The monoisotopic (exact) mass is 253 g/mol. The van der Waals surface area contributed by atoms with Gasteiger partial charge in [-0.2, -0.15) is 0 Å². The molecule has 2 rings (SSSR count). The van der Waals surface area contributed by atoms with Gasteiger partial charge in [0.2, 0.25) is 0 Å². The lowest BCUT2D eigenvalue weighted by atomic mass is 10.1. The highest BCUT2D eigenvalue weighted by molar-refractivity contribution is 5.65. The zero-order valence-electron chi connectivity index (χ0n) is 10.2. The summed E-state index contributed by atoms with van der Waals surface area (Å²) in [7, 11) is 0. The predicted molar refractivity (Wildman–Crippen MR) is 67.2 cm³/mol. The van der Waals surface area contributed by atoms with E-state index in [0.29, 0.717) is 30.3 Å². The summed E-state index contributed by atoms with van der Waals surface area (Å²) in [5.74, 6) is -0.185. The Morgan fingerprint density at radius 2 is 2.33 bits per heavy atom. The Kier molecular flexibility index (Phi) is 3.47. The molecule has 0 aromatic heterocycles. The van der Waals surface area contributed by atoms with Crippen molar-refractivity contribution in [1.82, 2.24) is 0 Å². The lowest BCUT2D eigenvalue weighted by Gasteiger charge is -2.19. The SMILES string of the molecule is Cc1cc(N2CCC(CN)C2)c([N+](=O)[O-])cc1F. The molecule has 1 unspecified atom stereocenters. The van der Waals surface area contributed by atoms with Gasteiger partial charge in [-0.3, -0.25) is 10.1 Å². The van der Waals surface area contributed by atoms with Crippen molar-refractivity contribution in [2.75, 3.05) is 24.5 Å². The van der Waals surface area contributed by atoms with Crippen molar-refractivity contribution in [1.29, 1.82) is 0 Å². The van der Waals surface area contributed by atoms with Crippen LogP contribution < -0.4 is 10.6 Å². The Labute approximate surface area is 105 Å². The first-order valence-electron chi connectivity index (χ1n) is 5.92. The predicted octanol–water partition coefficient (Wildman–Crippen LogP) is 1.83. The van der Waals surface area contributed by atoms with E-state index in [1.54, 1.807) is 13.0 Å². The van der Waals surface area contributed by atoms with E-state index in [1.165, 1.54) is 0 Å². The number of rotatable bonds is 3. The van der Waals surface area contributed by atoms with Gasteiger partial charge < -0.3 is 10.6 Å². The fourth-order valence-corrected chi connectivity index (χ4v) is 2.30. The number of hydrogen-bond donors (Lipinski definition) is 1. The normalized spacial score (nSPS) is 19.3. The fourth-order valence-electron chi connectivity index (χ4n) is 2.30. The van der Waals surface area contributed by atoms with E-state index in [4.69, 9.17) is 5.73 Å². The van der Waals surface area contributed by atoms with Crippen LogP contribution in [0.25, 0.3) is 0 Å². The van der Waals surface area contributed by atoms with Gasteiger partial charge in [-0.25, -0.2) is 4.39 Å². The third-order valence-electron chi connectivity index (χ3n) is 3.41. The molecule has 1 aliphatic rings. The smallest absolute Gasteiger partial charge is 0.295 e. The summed E-state index contributed by atoms with van der Waals surface area (Å²) in [6.45, 7) is 3.61. The highest BCUT2D eigenvalue weighted by Gasteiger charge is 2.27. The number of nitrogens with two attached hydrogens (primary N) is 1. The molecule has 1 aromatic rings. The number of hydrogen-bond acceptors (Lipinski definition) is 4. The van der Waals surface area contributed by atoms with E-state index >= 15 is 0 Å². The molecule has 1 fully saturated rings. The van der Waals surface area contributed by atoms with Gasteiger partial charge in [0.1, 0.15) is 11.5 Å². The largest absolute Gasteiger partial charge is 0.366 e. The first-order valence-corrected chi connectivity index (χ1v) is 5.92. The highest BCUT2D eigenvalue weighted by Crippen LogP contribution is 2.33. The molecule has 1 atom stereocenters. The molecule has 18 heavy (non-hydrogen) atoms. The Morgan fingerprint density at radius 3 is 2.89 bits per heavy atom. The minimum absolute atomic E-state index is 0.171. The molecule has 0 aliphatic carbocycles. The maximum Gasteiger partial charge on any atom is 0.295 e. The average molecular weight is 253 g/mol. The standard InChI is InChI=1S/C12H16FN3O2/c1-8-4-11(12(16(17)18)5-10(8)13)15-3-2-9(6-14)7-15/h4-5,9H,2-3,6-7,14H2,1H3. The second-order valence-corrected chi connectivity index (χ2v) is 4.68. The van der Waals surface area contributed by atoms with Crippen LogP contribution in [0.2, 0.25) is 0 Å². The first kappa shape index (κ1) is 12.8. The zero-order chi connectivity index (χ0) is 13.3. The van der Waals surface area contributed by atoms with Gasteiger partial charge in [0.25, 0.3) is 5.69 Å². The van der Waals surface area contributed by atoms with Crippen LogP contribution in [-0.2, 0) is 0 Å². The second-order valence-electron chi connectivity index (χ2n) is 4.68. The van der Waals surface area contributed by atoms with Crippen LogP contribution in [0.1, 0.15) is 12.0 Å². The lowest BCUT2D eigenvalue weighted by Crippen LogP contribution is -2.23. The van der Waals surface area contributed by atoms with E-state index in [0.717, 1.165) is 19.0 Å². The maximum atomic E-state index is 13.4. The van der Waals surface area contributed by atoms with Crippen LogP contribution in [0.3, 0.4) is 0 Å². The highest BCUT2D eigenvalue weighted by atomic mass is 19.1. The van der Waals surface area contributed by atoms with Crippen molar-refractivity contribution >= 4 is 11.4 Å². The molecule has 6 heteroatoms. The number of nitrogens with zero attached hydrogens (tertiary/aromatic N) is 2. The molecule has 0 radical (unpaired) electrons. The van der Waals surface area contributed by atoms with Gasteiger partial charge in [-0.1, -0.05) is 0 Å². The van der Waals surface area contributed by atoms with Gasteiger partial charge in [0.05, 0.1) is 11.0 Å². The van der Waals surface area contributed by atoms with Crippen LogP contribution >= 0.6 is 0 Å². The third-order valence-corrected chi connectivity index (χ3v) is 3.41. The van der Waals surface area contributed by atoms with Crippen LogP contribution in [-0.4, -0.2) is 24.6 Å². The molecule has 0 spiro atoms. The molecule has 98 valence electrons. The molecule has 0 amide bonds. The molecule has 5 nitrogen and oxygen atoms in total. The van der Waals surface area contributed by atoms with Crippen molar-refractivity contribution in [2.45, 2.75) is 13.3 Å². The fraction of sp³-hybridized carbons (Fsp3) is 0.500. The van der Waals surface area contributed by atoms with E-state index < -0.39 is 10.7 Å². The first-order chi connectivity index (χ1) is 8.52. The number of benzene rings is 1. The third kappa shape index (κ3) is 2.28. The number of nitro groups is 1.